The Morgan fingerprint density at radius 3 is 2.56 bits per heavy atom. The molecule has 2 saturated heterocycles. The molecule has 0 aromatic heterocycles. The van der Waals surface area contributed by atoms with Crippen LogP contribution in [0.3, 0.4) is 0 Å². The van der Waals surface area contributed by atoms with Crippen LogP contribution in [0.5, 0.6) is 5.75 Å². The molecule has 0 saturated carbocycles. The van der Waals surface area contributed by atoms with Crippen molar-refractivity contribution in [3.8, 4) is 5.75 Å². The van der Waals surface area contributed by atoms with Gasteiger partial charge in [0, 0.05) is 30.8 Å². The van der Waals surface area contributed by atoms with Gasteiger partial charge in [-0.05, 0) is 24.8 Å². The Morgan fingerprint density at radius 1 is 1.24 bits per heavy atom. The molecule has 0 unspecified atom stereocenters. The first-order valence-electron chi connectivity index (χ1n) is 8.39. The second kappa shape index (κ2) is 8.10. The largest absolute Gasteiger partial charge is 0.508 e. The van der Waals surface area contributed by atoms with E-state index in [1.54, 1.807) is 11.0 Å². The number of carbonyl (C=O) groups is 1. The predicted octanol–water partition coefficient (Wildman–Crippen LogP) is 2.35. The lowest BCUT2D eigenvalue weighted by atomic mass is 9.85. The Labute approximate surface area is 156 Å². The number of piperidine rings is 1. The smallest absolute Gasteiger partial charge is 0.254 e. The maximum absolute atomic E-state index is 12.5. The van der Waals surface area contributed by atoms with E-state index in [0.29, 0.717) is 48.5 Å². The fraction of sp³-hybridized carbons (Fsp3) is 0.588. The normalized spacial score (nSPS) is 23.5. The van der Waals surface area contributed by atoms with Crippen molar-refractivity contribution in [1.29, 1.82) is 0 Å². The van der Waals surface area contributed by atoms with E-state index in [9.17, 15) is 9.90 Å². The van der Waals surface area contributed by atoms with Gasteiger partial charge in [0.25, 0.3) is 5.91 Å². The van der Waals surface area contributed by atoms with Gasteiger partial charge >= 0.3 is 0 Å². The van der Waals surface area contributed by atoms with E-state index in [1.807, 2.05) is 0 Å². The number of aromatic hydroxyl groups is 1. The van der Waals surface area contributed by atoms with Gasteiger partial charge < -0.3 is 25.2 Å². The molecule has 1 aromatic rings. The zero-order valence-electron chi connectivity index (χ0n) is 13.8. The van der Waals surface area contributed by atoms with E-state index in [1.165, 1.54) is 6.07 Å². The van der Waals surface area contributed by atoms with Crippen LogP contribution in [0.25, 0.3) is 0 Å². The van der Waals surface area contributed by atoms with Gasteiger partial charge in [-0.25, -0.2) is 0 Å². The maximum Gasteiger partial charge on any atom is 0.254 e. The van der Waals surface area contributed by atoms with Crippen molar-refractivity contribution in [3.63, 3.8) is 0 Å². The number of halogens is 2. The molecule has 3 N–H and O–H groups in total. The van der Waals surface area contributed by atoms with Crippen LogP contribution in [0, 0.1) is 5.92 Å². The zero-order chi connectivity index (χ0) is 18.0. The number of rotatable bonds is 3. The number of phenolic OH excluding ortho intramolecular Hbond substituents is 1. The van der Waals surface area contributed by atoms with Crippen LogP contribution >= 0.6 is 23.2 Å². The number of ether oxygens (including phenoxy) is 2. The minimum absolute atomic E-state index is 0.0240. The van der Waals surface area contributed by atoms with Gasteiger partial charge in [-0.15, -0.1) is 0 Å². The van der Waals surface area contributed by atoms with Crippen LogP contribution in [0.2, 0.25) is 10.0 Å². The topological polar surface area (TPSA) is 85.0 Å². The average Bonchev–Trinajstić information content (AvgIpc) is 2.64. The van der Waals surface area contributed by atoms with Gasteiger partial charge in [-0.3, -0.25) is 4.79 Å². The van der Waals surface area contributed by atoms with Crippen molar-refractivity contribution in [3.05, 3.63) is 27.7 Å². The van der Waals surface area contributed by atoms with Gasteiger partial charge in [0.1, 0.15) is 5.75 Å². The molecule has 25 heavy (non-hydrogen) atoms. The summed E-state index contributed by atoms with van der Waals surface area (Å²) in [6.07, 6.45) is 0.999. The van der Waals surface area contributed by atoms with E-state index in [-0.39, 0.29) is 23.6 Å². The second-order valence-electron chi connectivity index (χ2n) is 6.45. The predicted molar refractivity (Wildman–Crippen MR) is 94.9 cm³/mol. The molecule has 2 fully saturated rings. The zero-order valence-corrected chi connectivity index (χ0v) is 15.3. The number of nitrogens with zero attached hydrogens (tertiary/aromatic N) is 1. The van der Waals surface area contributed by atoms with E-state index >= 15 is 0 Å². The van der Waals surface area contributed by atoms with Gasteiger partial charge in [-0.1, -0.05) is 23.2 Å². The lowest BCUT2D eigenvalue weighted by Gasteiger charge is -2.37. The summed E-state index contributed by atoms with van der Waals surface area (Å²) >= 11 is 11.9. The summed E-state index contributed by atoms with van der Waals surface area (Å²) in [5, 5.41) is 10.8. The van der Waals surface area contributed by atoms with Crippen molar-refractivity contribution >= 4 is 29.1 Å². The molecule has 3 rings (SSSR count). The summed E-state index contributed by atoms with van der Waals surface area (Å²) in [5.41, 5.74) is 6.93. The van der Waals surface area contributed by atoms with Crippen molar-refractivity contribution in [2.75, 3.05) is 32.9 Å². The number of nitrogens with two attached hydrogens (primary N) is 1. The fourth-order valence-corrected chi connectivity index (χ4v) is 3.72. The molecule has 2 aliphatic rings. The maximum atomic E-state index is 12.5. The van der Waals surface area contributed by atoms with Crippen LogP contribution in [-0.2, 0) is 14.3 Å². The Hall–Kier alpha value is -1.05. The van der Waals surface area contributed by atoms with Crippen LogP contribution < -0.4 is 5.73 Å². The van der Waals surface area contributed by atoms with Crippen LogP contribution in [0.15, 0.2) is 12.1 Å². The van der Waals surface area contributed by atoms with Gasteiger partial charge in [0.05, 0.1) is 29.9 Å². The number of hydrogen-bond acceptors (Lipinski definition) is 5. The van der Waals surface area contributed by atoms with E-state index in [2.05, 4.69) is 0 Å². The molecular formula is C17H22Cl2N2O4. The number of phenols is 1. The summed E-state index contributed by atoms with van der Waals surface area (Å²) in [6.45, 7) is 2.52. The lowest BCUT2D eigenvalue weighted by molar-refractivity contribution is -0.159. The molecule has 2 atom stereocenters. The van der Waals surface area contributed by atoms with Crippen molar-refractivity contribution in [1.82, 2.24) is 4.90 Å². The highest BCUT2D eigenvalue weighted by Gasteiger charge is 2.33. The number of likely N-dealkylation sites (tertiary alicyclic amines) is 1. The Kier molecular flexibility index (Phi) is 6.07. The van der Waals surface area contributed by atoms with Crippen molar-refractivity contribution in [2.24, 2.45) is 11.7 Å². The molecule has 0 spiro atoms. The highest BCUT2D eigenvalue weighted by atomic mass is 35.5. The Morgan fingerprint density at radius 2 is 1.92 bits per heavy atom. The third-order valence-electron chi connectivity index (χ3n) is 4.88. The van der Waals surface area contributed by atoms with E-state index < -0.39 is 6.10 Å². The molecule has 1 amide bonds. The monoisotopic (exact) mass is 388 g/mol. The molecule has 0 aliphatic carbocycles. The SMILES string of the molecule is N[C@@H](c1cc(Cl)c(Cl)cc1O)C1CCN(C(=O)[C@@H]2COCCO2)CC1. The number of amides is 1. The molecule has 2 aliphatic heterocycles. The molecule has 0 radical (unpaired) electrons. The van der Waals surface area contributed by atoms with Crippen LogP contribution in [0.1, 0.15) is 24.4 Å². The van der Waals surface area contributed by atoms with E-state index in [0.717, 1.165) is 12.8 Å². The number of benzene rings is 1. The van der Waals surface area contributed by atoms with Crippen molar-refractivity contribution < 1.29 is 19.4 Å². The minimum atomic E-state index is -0.502. The molecule has 0 bridgehead atoms. The highest BCUT2D eigenvalue weighted by molar-refractivity contribution is 6.42. The molecule has 6 nitrogen and oxygen atoms in total. The summed E-state index contributed by atoms with van der Waals surface area (Å²) in [6, 6.07) is 2.67. The van der Waals surface area contributed by atoms with Gasteiger partial charge in [0.15, 0.2) is 6.10 Å². The number of hydrogen-bond donors (Lipinski definition) is 2. The molecule has 1 aromatic carbocycles. The first-order valence-corrected chi connectivity index (χ1v) is 9.14. The summed E-state index contributed by atoms with van der Waals surface area (Å²) < 4.78 is 10.8. The summed E-state index contributed by atoms with van der Waals surface area (Å²) in [4.78, 5) is 14.3. The number of carbonyl (C=O) groups excluding carboxylic acids is 1. The fourth-order valence-electron chi connectivity index (χ4n) is 3.39. The average molecular weight is 389 g/mol. The Bertz CT molecular complexity index is 629. The van der Waals surface area contributed by atoms with Crippen LogP contribution in [-0.4, -0.2) is 54.9 Å². The third kappa shape index (κ3) is 4.20. The summed E-state index contributed by atoms with van der Waals surface area (Å²) in [5.74, 6) is 0.174. The van der Waals surface area contributed by atoms with Gasteiger partial charge in [-0.2, -0.15) is 0 Å². The Balaban J connectivity index is 1.60. The molecule has 138 valence electrons. The summed E-state index contributed by atoms with van der Waals surface area (Å²) in [7, 11) is 0. The molecule has 8 heteroatoms. The quantitative estimate of drug-likeness (QED) is 0.829. The minimum Gasteiger partial charge on any atom is -0.508 e. The standard InChI is InChI=1S/C17H22Cl2N2O4/c18-12-7-11(14(22)8-13(12)19)16(20)10-1-3-21(4-2-10)17(23)15-9-24-5-6-25-15/h7-8,10,15-16,22H,1-6,9,20H2/t15-,16+/m0/s1. The third-order valence-corrected chi connectivity index (χ3v) is 5.60. The van der Waals surface area contributed by atoms with Crippen LogP contribution in [0.4, 0.5) is 0 Å². The van der Waals surface area contributed by atoms with Gasteiger partial charge in [0.2, 0.25) is 0 Å². The lowest BCUT2D eigenvalue weighted by Crippen LogP contribution is -2.48. The first kappa shape index (κ1) is 18.7. The molecule has 2 heterocycles. The van der Waals surface area contributed by atoms with E-state index in [4.69, 9.17) is 38.4 Å². The highest BCUT2D eigenvalue weighted by Crippen LogP contribution is 2.37. The molecular weight excluding hydrogens is 367 g/mol. The van der Waals surface area contributed by atoms with Crippen molar-refractivity contribution in [2.45, 2.75) is 25.0 Å². The second-order valence-corrected chi connectivity index (χ2v) is 7.26. The first-order chi connectivity index (χ1) is 12.0.